The smallest absolute Gasteiger partial charge is 0.257 e. The average Bonchev–Trinajstić information content (AvgIpc) is 2.53. The van der Waals surface area contributed by atoms with Crippen LogP contribution in [0.25, 0.3) is 0 Å². The fourth-order valence-electron chi connectivity index (χ4n) is 2.16. The van der Waals surface area contributed by atoms with Gasteiger partial charge in [-0.05, 0) is 35.9 Å². The Kier molecular flexibility index (Phi) is 5.61. The maximum atomic E-state index is 13.9. The summed E-state index contributed by atoms with van der Waals surface area (Å²) in [6, 6.07) is 13.3. The van der Waals surface area contributed by atoms with Gasteiger partial charge in [-0.3, -0.25) is 4.79 Å². The van der Waals surface area contributed by atoms with Crippen LogP contribution in [-0.4, -0.2) is 19.1 Å². The molecule has 0 aliphatic rings. The normalized spacial score (nSPS) is 11.1. The van der Waals surface area contributed by atoms with Crippen molar-refractivity contribution in [3.63, 3.8) is 0 Å². The number of halogens is 2. The fraction of sp³-hybridized carbons (Fsp3) is 0.278. The van der Waals surface area contributed by atoms with Crippen LogP contribution < -0.4 is 10.1 Å². The van der Waals surface area contributed by atoms with Crippen LogP contribution >= 0.6 is 11.6 Å². The van der Waals surface area contributed by atoms with Gasteiger partial charge in [0.1, 0.15) is 11.6 Å². The van der Waals surface area contributed by atoms with Crippen LogP contribution in [0.4, 0.5) is 4.39 Å². The van der Waals surface area contributed by atoms with E-state index in [1.807, 2.05) is 13.8 Å². The van der Waals surface area contributed by atoms with Crippen molar-refractivity contribution in [2.75, 3.05) is 13.2 Å². The van der Waals surface area contributed by atoms with Gasteiger partial charge in [0.15, 0.2) is 6.61 Å². The van der Waals surface area contributed by atoms with Gasteiger partial charge in [0.05, 0.1) is 0 Å². The Morgan fingerprint density at radius 1 is 1.17 bits per heavy atom. The Bertz CT molecular complexity index is 671. The molecule has 23 heavy (non-hydrogen) atoms. The van der Waals surface area contributed by atoms with Crippen molar-refractivity contribution in [2.45, 2.75) is 19.3 Å². The summed E-state index contributed by atoms with van der Waals surface area (Å²) in [5.41, 5.74) is 0.0558. The molecular formula is C18H19ClFNO2. The molecule has 2 aromatic rings. The number of ether oxygens (including phenoxy) is 1. The summed E-state index contributed by atoms with van der Waals surface area (Å²) in [5, 5.41) is 3.38. The van der Waals surface area contributed by atoms with Crippen LogP contribution in [0.5, 0.6) is 5.75 Å². The van der Waals surface area contributed by atoms with Gasteiger partial charge in [0.25, 0.3) is 5.91 Å². The summed E-state index contributed by atoms with van der Waals surface area (Å²) < 4.78 is 19.2. The number of carbonyl (C=O) groups excluding carboxylic acids is 1. The molecule has 0 bridgehead atoms. The van der Waals surface area contributed by atoms with E-state index in [9.17, 15) is 9.18 Å². The predicted octanol–water partition coefficient (Wildman–Crippen LogP) is 3.95. The maximum absolute atomic E-state index is 13.9. The lowest BCUT2D eigenvalue weighted by Gasteiger charge is -2.26. The molecule has 0 fully saturated rings. The molecule has 0 heterocycles. The summed E-state index contributed by atoms with van der Waals surface area (Å²) in [7, 11) is 0. The Balaban J connectivity index is 1.86. The molecular weight excluding hydrogens is 317 g/mol. The first-order valence-electron chi connectivity index (χ1n) is 7.28. The summed E-state index contributed by atoms with van der Waals surface area (Å²) in [4.78, 5) is 11.9. The molecule has 1 N–H and O–H groups in total. The van der Waals surface area contributed by atoms with Gasteiger partial charge in [-0.15, -0.1) is 0 Å². The highest BCUT2D eigenvalue weighted by Crippen LogP contribution is 2.24. The highest BCUT2D eigenvalue weighted by atomic mass is 35.5. The van der Waals surface area contributed by atoms with Crippen LogP contribution in [0.2, 0.25) is 5.02 Å². The fourth-order valence-corrected chi connectivity index (χ4v) is 2.28. The molecule has 2 aromatic carbocycles. The molecule has 1 amide bonds. The number of hydrogen-bond acceptors (Lipinski definition) is 2. The average molecular weight is 336 g/mol. The lowest BCUT2D eigenvalue weighted by Crippen LogP contribution is -2.39. The van der Waals surface area contributed by atoms with Crippen molar-refractivity contribution in [3.05, 3.63) is 64.9 Å². The van der Waals surface area contributed by atoms with E-state index < -0.39 is 5.41 Å². The second-order valence-electron chi connectivity index (χ2n) is 5.88. The Labute approximate surface area is 140 Å². The molecule has 0 saturated heterocycles. The third-order valence-corrected chi connectivity index (χ3v) is 3.77. The SMILES string of the molecule is CC(C)(CNC(=O)COc1ccc(Cl)cc1)c1ccccc1F. The van der Waals surface area contributed by atoms with Crippen LogP contribution in [0.15, 0.2) is 48.5 Å². The first-order valence-corrected chi connectivity index (χ1v) is 7.66. The Morgan fingerprint density at radius 2 is 1.83 bits per heavy atom. The van der Waals surface area contributed by atoms with Gasteiger partial charge in [-0.25, -0.2) is 4.39 Å². The van der Waals surface area contributed by atoms with Crippen LogP contribution in [-0.2, 0) is 10.2 Å². The molecule has 5 heteroatoms. The number of hydrogen-bond donors (Lipinski definition) is 1. The molecule has 0 spiro atoms. The molecule has 0 saturated carbocycles. The van der Waals surface area contributed by atoms with Crippen molar-refractivity contribution in [2.24, 2.45) is 0 Å². The van der Waals surface area contributed by atoms with Crippen molar-refractivity contribution >= 4 is 17.5 Å². The largest absolute Gasteiger partial charge is 0.484 e. The second kappa shape index (κ2) is 7.47. The number of amides is 1. The predicted molar refractivity (Wildman–Crippen MR) is 89.4 cm³/mol. The summed E-state index contributed by atoms with van der Waals surface area (Å²) >= 11 is 5.78. The van der Waals surface area contributed by atoms with E-state index in [0.29, 0.717) is 22.9 Å². The van der Waals surface area contributed by atoms with Gasteiger partial charge >= 0.3 is 0 Å². The van der Waals surface area contributed by atoms with E-state index >= 15 is 0 Å². The molecule has 0 aliphatic heterocycles. The third kappa shape index (κ3) is 4.96. The van der Waals surface area contributed by atoms with Gasteiger partial charge in [-0.2, -0.15) is 0 Å². The molecule has 0 aromatic heterocycles. The van der Waals surface area contributed by atoms with Crippen molar-refractivity contribution in [3.8, 4) is 5.75 Å². The van der Waals surface area contributed by atoms with Crippen LogP contribution in [0, 0.1) is 5.82 Å². The van der Waals surface area contributed by atoms with E-state index in [2.05, 4.69) is 5.32 Å². The summed E-state index contributed by atoms with van der Waals surface area (Å²) in [6.07, 6.45) is 0. The zero-order valence-electron chi connectivity index (χ0n) is 13.1. The van der Waals surface area contributed by atoms with Crippen LogP contribution in [0.3, 0.4) is 0 Å². The lowest BCUT2D eigenvalue weighted by atomic mass is 9.84. The minimum Gasteiger partial charge on any atom is -0.484 e. The third-order valence-electron chi connectivity index (χ3n) is 3.51. The van der Waals surface area contributed by atoms with Crippen LogP contribution in [0.1, 0.15) is 19.4 Å². The number of nitrogens with one attached hydrogen (secondary N) is 1. The summed E-state index contributed by atoms with van der Waals surface area (Å²) in [5.74, 6) is 0.0337. The first-order chi connectivity index (χ1) is 10.9. The molecule has 0 aliphatic carbocycles. The molecule has 2 rings (SSSR count). The van der Waals surface area contributed by atoms with E-state index in [1.165, 1.54) is 6.07 Å². The minimum absolute atomic E-state index is 0.102. The summed E-state index contributed by atoms with van der Waals surface area (Å²) in [6.45, 7) is 3.98. The number of benzene rings is 2. The first kappa shape index (κ1) is 17.3. The van der Waals surface area contributed by atoms with E-state index in [1.54, 1.807) is 42.5 Å². The number of rotatable bonds is 6. The van der Waals surface area contributed by atoms with Crippen molar-refractivity contribution < 1.29 is 13.9 Å². The molecule has 122 valence electrons. The standard InChI is InChI=1S/C18H19ClFNO2/c1-18(2,15-5-3-4-6-16(15)20)12-21-17(22)11-23-14-9-7-13(19)8-10-14/h3-10H,11-12H2,1-2H3,(H,21,22). The molecule has 0 atom stereocenters. The lowest BCUT2D eigenvalue weighted by molar-refractivity contribution is -0.123. The monoisotopic (exact) mass is 335 g/mol. The van der Waals surface area contributed by atoms with Gasteiger partial charge in [0, 0.05) is 17.0 Å². The zero-order valence-corrected chi connectivity index (χ0v) is 13.9. The highest BCUT2D eigenvalue weighted by Gasteiger charge is 2.24. The van der Waals surface area contributed by atoms with E-state index in [4.69, 9.17) is 16.3 Å². The number of carbonyl (C=O) groups is 1. The van der Waals surface area contributed by atoms with Gasteiger partial charge in [0.2, 0.25) is 0 Å². The second-order valence-corrected chi connectivity index (χ2v) is 6.32. The van der Waals surface area contributed by atoms with Gasteiger partial charge < -0.3 is 10.1 Å². The zero-order chi connectivity index (χ0) is 16.9. The Hall–Kier alpha value is -2.07. The van der Waals surface area contributed by atoms with E-state index in [-0.39, 0.29) is 18.3 Å². The molecule has 3 nitrogen and oxygen atoms in total. The topological polar surface area (TPSA) is 38.3 Å². The Morgan fingerprint density at radius 3 is 2.48 bits per heavy atom. The minimum atomic E-state index is -0.513. The quantitative estimate of drug-likeness (QED) is 0.868. The maximum Gasteiger partial charge on any atom is 0.257 e. The molecule has 0 unspecified atom stereocenters. The molecule has 0 radical (unpaired) electrons. The van der Waals surface area contributed by atoms with Gasteiger partial charge in [-0.1, -0.05) is 43.6 Å². The highest BCUT2D eigenvalue weighted by molar-refractivity contribution is 6.30. The van der Waals surface area contributed by atoms with Crippen molar-refractivity contribution in [1.29, 1.82) is 0 Å². The van der Waals surface area contributed by atoms with E-state index in [0.717, 1.165) is 0 Å². The van der Waals surface area contributed by atoms with Crippen molar-refractivity contribution in [1.82, 2.24) is 5.32 Å².